The Bertz CT molecular complexity index is 926. The third-order valence-corrected chi connectivity index (χ3v) is 3.71. The predicted octanol–water partition coefficient (Wildman–Crippen LogP) is 3.54. The number of nitrogens with zero attached hydrogens (tertiary/aromatic N) is 2. The second kappa shape index (κ2) is 8.02. The molecule has 3 aromatic rings. The fraction of sp³-hybridized carbons (Fsp3) is 0.100. The fourth-order valence-corrected chi connectivity index (χ4v) is 2.36. The van der Waals surface area contributed by atoms with Crippen LogP contribution in [0.25, 0.3) is 0 Å². The molecule has 3 rings (SSSR count). The zero-order valence-electron chi connectivity index (χ0n) is 14.3. The van der Waals surface area contributed by atoms with E-state index in [2.05, 4.69) is 20.6 Å². The van der Waals surface area contributed by atoms with Crippen LogP contribution in [0.3, 0.4) is 0 Å². The van der Waals surface area contributed by atoms with Crippen molar-refractivity contribution in [1.82, 2.24) is 9.97 Å². The van der Waals surface area contributed by atoms with E-state index in [1.54, 1.807) is 24.3 Å². The highest BCUT2D eigenvalue weighted by Crippen LogP contribution is 2.13. The van der Waals surface area contributed by atoms with E-state index in [1.807, 2.05) is 30.3 Å². The molecule has 0 saturated heterocycles. The van der Waals surface area contributed by atoms with Crippen LogP contribution in [0.5, 0.6) is 0 Å². The van der Waals surface area contributed by atoms with E-state index < -0.39 is 0 Å². The number of amides is 1. The molecule has 0 atom stereocenters. The van der Waals surface area contributed by atoms with Crippen LogP contribution in [0.4, 0.5) is 11.6 Å². The summed E-state index contributed by atoms with van der Waals surface area (Å²) in [4.78, 5) is 32.2. The topological polar surface area (TPSA) is 84.0 Å². The first-order valence-corrected chi connectivity index (χ1v) is 8.15. The number of anilines is 2. The van der Waals surface area contributed by atoms with E-state index >= 15 is 0 Å². The average Bonchev–Trinajstić information content (AvgIpc) is 2.67. The molecular formula is C20H18N4O2. The number of benzene rings is 2. The van der Waals surface area contributed by atoms with Crippen LogP contribution in [0, 0.1) is 0 Å². The van der Waals surface area contributed by atoms with Crippen molar-refractivity contribution >= 4 is 23.3 Å². The van der Waals surface area contributed by atoms with Crippen LogP contribution in [-0.4, -0.2) is 21.7 Å². The molecule has 0 spiro atoms. The summed E-state index contributed by atoms with van der Waals surface area (Å²) in [7, 11) is 0. The fourth-order valence-electron chi connectivity index (χ4n) is 2.36. The Morgan fingerprint density at radius 2 is 1.81 bits per heavy atom. The Hall–Kier alpha value is -3.54. The number of ketones is 1. The molecule has 6 heteroatoms. The first kappa shape index (κ1) is 17.3. The summed E-state index contributed by atoms with van der Waals surface area (Å²) in [6, 6.07) is 18.2. The summed E-state index contributed by atoms with van der Waals surface area (Å²) >= 11 is 0. The van der Waals surface area contributed by atoms with E-state index in [9.17, 15) is 9.59 Å². The van der Waals surface area contributed by atoms with Gasteiger partial charge in [0.25, 0.3) is 5.91 Å². The van der Waals surface area contributed by atoms with Crippen molar-refractivity contribution in [2.24, 2.45) is 0 Å². The molecule has 6 nitrogen and oxygen atoms in total. The van der Waals surface area contributed by atoms with Gasteiger partial charge in [-0.1, -0.05) is 42.5 Å². The molecular weight excluding hydrogens is 328 g/mol. The largest absolute Gasteiger partial charge is 0.350 e. The highest BCUT2D eigenvalue weighted by molar-refractivity contribution is 6.04. The van der Waals surface area contributed by atoms with Crippen LogP contribution in [0.1, 0.15) is 33.3 Å². The summed E-state index contributed by atoms with van der Waals surface area (Å²) < 4.78 is 0. The number of rotatable bonds is 6. The Labute approximate surface area is 151 Å². The van der Waals surface area contributed by atoms with E-state index in [-0.39, 0.29) is 17.4 Å². The SMILES string of the molecule is CC(=O)c1cccc(NC(=O)c2ccnc(NCc3ccccc3)n2)c1. The smallest absolute Gasteiger partial charge is 0.274 e. The molecule has 0 fully saturated rings. The normalized spacial score (nSPS) is 10.2. The lowest BCUT2D eigenvalue weighted by molar-refractivity contribution is 0.100. The monoisotopic (exact) mass is 346 g/mol. The van der Waals surface area contributed by atoms with Crippen molar-refractivity contribution in [2.45, 2.75) is 13.5 Å². The summed E-state index contributed by atoms with van der Waals surface area (Å²) in [5.41, 5.74) is 2.41. The van der Waals surface area contributed by atoms with Crippen LogP contribution in [0.2, 0.25) is 0 Å². The minimum absolute atomic E-state index is 0.0597. The first-order chi connectivity index (χ1) is 12.6. The molecule has 0 radical (unpaired) electrons. The number of aromatic nitrogens is 2. The molecule has 0 aliphatic rings. The van der Waals surface area contributed by atoms with Crippen LogP contribution < -0.4 is 10.6 Å². The zero-order chi connectivity index (χ0) is 18.4. The van der Waals surface area contributed by atoms with Crippen molar-refractivity contribution in [3.05, 3.63) is 83.7 Å². The second-order valence-electron chi connectivity index (χ2n) is 5.70. The van der Waals surface area contributed by atoms with Gasteiger partial charge in [0, 0.05) is 24.0 Å². The van der Waals surface area contributed by atoms with Gasteiger partial charge in [0.1, 0.15) is 5.69 Å². The van der Waals surface area contributed by atoms with Crippen molar-refractivity contribution in [1.29, 1.82) is 0 Å². The average molecular weight is 346 g/mol. The lowest BCUT2D eigenvalue weighted by Gasteiger charge is -2.08. The van der Waals surface area contributed by atoms with Crippen LogP contribution >= 0.6 is 0 Å². The maximum Gasteiger partial charge on any atom is 0.274 e. The van der Waals surface area contributed by atoms with Gasteiger partial charge in [0.2, 0.25) is 5.95 Å². The van der Waals surface area contributed by atoms with Gasteiger partial charge in [-0.3, -0.25) is 9.59 Å². The summed E-state index contributed by atoms with van der Waals surface area (Å²) in [6.07, 6.45) is 1.53. The van der Waals surface area contributed by atoms with Gasteiger partial charge in [0.05, 0.1) is 0 Å². The first-order valence-electron chi connectivity index (χ1n) is 8.15. The number of nitrogens with one attached hydrogen (secondary N) is 2. The Morgan fingerprint density at radius 1 is 1.00 bits per heavy atom. The molecule has 1 heterocycles. The summed E-state index contributed by atoms with van der Waals surface area (Å²) in [5.74, 6) is -0.0506. The molecule has 1 amide bonds. The maximum absolute atomic E-state index is 12.4. The van der Waals surface area contributed by atoms with Gasteiger partial charge >= 0.3 is 0 Å². The van der Waals surface area contributed by atoms with E-state index in [0.717, 1.165) is 5.56 Å². The van der Waals surface area contributed by atoms with Crippen molar-refractivity contribution < 1.29 is 9.59 Å². The van der Waals surface area contributed by atoms with E-state index in [1.165, 1.54) is 19.2 Å². The van der Waals surface area contributed by atoms with E-state index in [0.29, 0.717) is 23.7 Å². The molecule has 2 aromatic carbocycles. The second-order valence-corrected chi connectivity index (χ2v) is 5.70. The van der Waals surface area contributed by atoms with Gasteiger partial charge in [-0.15, -0.1) is 0 Å². The number of hydrogen-bond acceptors (Lipinski definition) is 5. The Morgan fingerprint density at radius 3 is 2.58 bits per heavy atom. The van der Waals surface area contributed by atoms with Crippen molar-refractivity contribution in [3.8, 4) is 0 Å². The molecule has 0 unspecified atom stereocenters. The molecule has 0 bridgehead atoms. The number of carbonyl (C=O) groups is 2. The molecule has 0 aliphatic carbocycles. The van der Waals surface area contributed by atoms with Gasteiger partial charge in [-0.05, 0) is 30.7 Å². The number of Topliss-reactive ketones (excluding diaryl/α,β-unsaturated/α-hetero) is 1. The third-order valence-electron chi connectivity index (χ3n) is 3.71. The number of carbonyl (C=O) groups excluding carboxylic acids is 2. The van der Waals surface area contributed by atoms with Crippen LogP contribution in [-0.2, 0) is 6.54 Å². The Kier molecular flexibility index (Phi) is 5.34. The van der Waals surface area contributed by atoms with Crippen molar-refractivity contribution in [3.63, 3.8) is 0 Å². The standard InChI is InChI=1S/C20H18N4O2/c1-14(25)16-8-5-9-17(12-16)23-19(26)18-10-11-21-20(24-18)22-13-15-6-3-2-4-7-15/h2-12H,13H2,1H3,(H,23,26)(H,21,22,24). The van der Waals surface area contributed by atoms with E-state index in [4.69, 9.17) is 0 Å². The molecule has 26 heavy (non-hydrogen) atoms. The Balaban J connectivity index is 1.68. The van der Waals surface area contributed by atoms with Gasteiger partial charge in [0.15, 0.2) is 5.78 Å². The lowest BCUT2D eigenvalue weighted by atomic mass is 10.1. The van der Waals surface area contributed by atoms with Crippen LogP contribution in [0.15, 0.2) is 66.9 Å². The molecule has 2 N–H and O–H groups in total. The minimum Gasteiger partial charge on any atom is -0.350 e. The quantitative estimate of drug-likeness (QED) is 0.667. The summed E-state index contributed by atoms with van der Waals surface area (Å²) in [6.45, 7) is 2.04. The predicted molar refractivity (Wildman–Crippen MR) is 100 cm³/mol. The zero-order valence-corrected chi connectivity index (χ0v) is 14.3. The molecule has 0 aliphatic heterocycles. The summed E-state index contributed by atoms with van der Waals surface area (Å²) in [5, 5.41) is 5.84. The molecule has 1 aromatic heterocycles. The molecule has 0 saturated carbocycles. The third kappa shape index (κ3) is 4.51. The van der Waals surface area contributed by atoms with Gasteiger partial charge in [-0.2, -0.15) is 0 Å². The van der Waals surface area contributed by atoms with Gasteiger partial charge in [-0.25, -0.2) is 9.97 Å². The number of hydrogen-bond donors (Lipinski definition) is 2. The maximum atomic E-state index is 12.4. The lowest BCUT2D eigenvalue weighted by Crippen LogP contribution is -2.15. The molecule has 130 valence electrons. The van der Waals surface area contributed by atoms with Crippen molar-refractivity contribution in [2.75, 3.05) is 10.6 Å². The highest BCUT2D eigenvalue weighted by Gasteiger charge is 2.10. The van der Waals surface area contributed by atoms with Gasteiger partial charge < -0.3 is 10.6 Å². The highest BCUT2D eigenvalue weighted by atomic mass is 16.2. The minimum atomic E-state index is -0.365.